The van der Waals surface area contributed by atoms with E-state index in [0.29, 0.717) is 5.69 Å². The molecule has 74 valence electrons. The van der Waals surface area contributed by atoms with E-state index in [2.05, 4.69) is 10.2 Å². The molecule has 3 heteroatoms. The van der Waals surface area contributed by atoms with Gasteiger partial charge in [-0.05, 0) is 47.0 Å². The Balaban J connectivity index is 2.51. The molecular weight excluding hydrogens is 188 g/mol. The molecule has 3 nitrogen and oxygen atoms in total. The molecule has 0 spiro atoms. The van der Waals surface area contributed by atoms with E-state index in [1.807, 2.05) is 31.2 Å². The first kappa shape index (κ1) is 9.52. The van der Waals surface area contributed by atoms with E-state index in [1.165, 1.54) is 0 Å². The molecule has 1 heterocycles. The van der Waals surface area contributed by atoms with Crippen LogP contribution in [0.15, 0.2) is 47.9 Å². The third-order valence-corrected chi connectivity index (χ3v) is 2.32. The highest BCUT2D eigenvalue weighted by molar-refractivity contribution is 5.68. The fraction of sp³-hybridized carbons (Fsp3) is 0.0833. The third-order valence-electron chi connectivity index (χ3n) is 2.32. The number of hydrogen-bond acceptors (Lipinski definition) is 3. The second-order valence-electron chi connectivity index (χ2n) is 3.33. The lowest BCUT2D eigenvalue weighted by Crippen LogP contribution is -1.80. The van der Waals surface area contributed by atoms with Gasteiger partial charge in [-0.15, -0.1) is 4.91 Å². The molecule has 0 bridgehead atoms. The minimum Gasteiger partial charge on any atom is -0.265 e. The lowest BCUT2D eigenvalue weighted by atomic mass is 10.0. The molecule has 0 unspecified atom stereocenters. The van der Waals surface area contributed by atoms with Crippen LogP contribution in [-0.4, -0.2) is 4.98 Å². The first-order valence-corrected chi connectivity index (χ1v) is 4.65. The number of rotatable bonds is 2. The zero-order chi connectivity index (χ0) is 10.7. The van der Waals surface area contributed by atoms with Gasteiger partial charge < -0.3 is 0 Å². The Morgan fingerprint density at radius 3 is 2.47 bits per heavy atom. The summed E-state index contributed by atoms with van der Waals surface area (Å²) in [4.78, 5) is 14.5. The summed E-state index contributed by atoms with van der Waals surface area (Å²) >= 11 is 0. The highest BCUT2D eigenvalue weighted by Gasteiger charge is 2.02. The number of nitrogens with zero attached hydrogens (tertiary/aromatic N) is 2. The van der Waals surface area contributed by atoms with Crippen molar-refractivity contribution >= 4 is 5.69 Å². The lowest BCUT2D eigenvalue weighted by Gasteiger charge is -2.03. The van der Waals surface area contributed by atoms with E-state index in [9.17, 15) is 4.91 Å². The van der Waals surface area contributed by atoms with Crippen molar-refractivity contribution in [2.45, 2.75) is 6.92 Å². The quantitative estimate of drug-likeness (QED) is 0.693. The standard InChI is InChI=1S/C12H10N2O/c1-9-2-3-11(8-12(9)14-15)10-4-6-13-7-5-10/h2-8H,1H3. The summed E-state index contributed by atoms with van der Waals surface area (Å²) in [6, 6.07) is 9.46. The maximum Gasteiger partial charge on any atom is 0.111 e. The average molecular weight is 198 g/mol. The van der Waals surface area contributed by atoms with Crippen LogP contribution in [0.5, 0.6) is 0 Å². The number of aromatic nitrogens is 1. The SMILES string of the molecule is Cc1ccc(-c2ccncc2)cc1N=O. The van der Waals surface area contributed by atoms with Crippen molar-refractivity contribution in [3.63, 3.8) is 0 Å². The lowest BCUT2D eigenvalue weighted by molar-refractivity contribution is 1.32. The topological polar surface area (TPSA) is 42.3 Å². The summed E-state index contributed by atoms with van der Waals surface area (Å²) in [7, 11) is 0. The molecule has 0 atom stereocenters. The highest BCUT2D eigenvalue weighted by Crippen LogP contribution is 2.26. The molecule has 0 radical (unpaired) electrons. The molecule has 2 rings (SSSR count). The van der Waals surface area contributed by atoms with Gasteiger partial charge in [-0.2, -0.15) is 0 Å². The smallest absolute Gasteiger partial charge is 0.111 e. The molecule has 0 saturated carbocycles. The number of nitroso groups, excluding NO2 is 1. The fourth-order valence-electron chi connectivity index (χ4n) is 1.43. The maximum atomic E-state index is 10.5. The Morgan fingerprint density at radius 1 is 1.07 bits per heavy atom. The molecule has 0 aliphatic rings. The molecule has 0 N–H and O–H groups in total. The van der Waals surface area contributed by atoms with Crippen LogP contribution in [0.25, 0.3) is 11.1 Å². The summed E-state index contributed by atoms with van der Waals surface area (Å²) in [5.41, 5.74) is 3.40. The van der Waals surface area contributed by atoms with Gasteiger partial charge in [0.2, 0.25) is 0 Å². The van der Waals surface area contributed by atoms with E-state index in [0.717, 1.165) is 16.7 Å². The van der Waals surface area contributed by atoms with E-state index in [1.54, 1.807) is 18.5 Å². The molecular formula is C12H10N2O. The summed E-state index contributed by atoms with van der Waals surface area (Å²) in [5.74, 6) is 0. The zero-order valence-corrected chi connectivity index (χ0v) is 8.34. The zero-order valence-electron chi connectivity index (χ0n) is 8.34. The van der Waals surface area contributed by atoms with Crippen LogP contribution in [0.2, 0.25) is 0 Å². The van der Waals surface area contributed by atoms with Crippen molar-refractivity contribution in [3.8, 4) is 11.1 Å². The molecule has 1 aromatic heterocycles. The first-order valence-electron chi connectivity index (χ1n) is 4.65. The predicted octanol–water partition coefficient (Wildman–Crippen LogP) is 3.45. The Hall–Kier alpha value is -2.03. The Kier molecular flexibility index (Phi) is 2.54. The number of aryl methyl sites for hydroxylation is 1. The van der Waals surface area contributed by atoms with Crippen LogP contribution in [0, 0.1) is 11.8 Å². The van der Waals surface area contributed by atoms with Crippen LogP contribution in [0.3, 0.4) is 0 Å². The average Bonchev–Trinajstić information content (AvgIpc) is 2.31. The van der Waals surface area contributed by atoms with Gasteiger partial charge in [0, 0.05) is 12.4 Å². The number of pyridine rings is 1. The van der Waals surface area contributed by atoms with Gasteiger partial charge in [0.05, 0.1) is 0 Å². The molecule has 0 aliphatic carbocycles. The third kappa shape index (κ3) is 1.91. The van der Waals surface area contributed by atoms with E-state index < -0.39 is 0 Å². The summed E-state index contributed by atoms with van der Waals surface area (Å²) in [6.07, 6.45) is 3.45. The van der Waals surface area contributed by atoms with Crippen molar-refractivity contribution < 1.29 is 0 Å². The van der Waals surface area contributed by atoms with Gasteiger partial charge in [0.25, 0.3) is 0 Å². The van der Waals surface area contributed by atoms with Crippen LogP contribution < -0.4 is 0 Å². The van der Waals surface area contributed by atoms with E-state index >= 15 is 0 Å². The second kappa shape index (κ2) is 4.00. The normalized spacial score (nSPS) is 9.93. The highest BCUT2D eigenvalue weighted by atomic mass is 16.3. The van der Waals surface area contributed by atoms with Crippen LogP contribution in [-0.2, 0) is 0 Å². The monoisotopic (exact) mass is 198 g/mol. The molecule has 2 aromatic rings. The van der Waals surface area contributed by atoms with Gasteiger partial charge in [0.1, 0.15) is 5.69 Å². The molecule has 0 fully saturated rings. The van der Waals surface area contributed by atoms with Crippen molar-refractivity contribution in [1.82, 2.24) is 4.98 Å². The van der Waals surface area contributed by atoms with E-state index in [-0.39, 0.29) is 0 Å². The van der Waals surface area contributed by atoms with Gasteiger partial charge in [-0.3, -0.25) is 4.98 Å². The minimum atomic E-state index is 0.490. The number of benzene rings is 1. The maximum absolute atomic E-state index is 10.5. The van der Waals surface area contributed by atoms with Crippen molar-refractivity contribution in [3.05, 3.63) is 53.2 Å². The van der Waals surface area contributed by atoms with Crippen molar-refractivity contribution in [2.75, 3.05) is 0 Å². The fourth-order valence-corrected chi connectivity index (χ4v) is 1.43. The summed E-state index contributed by atoms with van der Waals surface area (Å²) in [5, 5.41) is 2.99. The van der Waals surface area contributed by atoms with E-state index in [4.69, 9.17) is 0 Å². The minimum absolute atomic E-state index is 0.490. The largest absolute Gasteiger partial charge is 0.265 e. The van der Waals surface area contributed by atoms with Gasteiger partial charge in [-0.1, -0.05) is 12.1 Å². The van der Waals surface area contributed by atoms with Crippen LogP contribution in [0.1, 0.15) is 5.56 Å². The second-order valence-corrected chi connectivity index (χ2v) is 3.33. The van der Waals surface area contributed by atoms with Gasteiger partial charge >= 0.3 is 0 Å². The van der Waals surface area contributed by atoms with Crippen molar-refractivity contribution in [2.24, 2.45) is 5.18 Å². The Morgan fingerprint density at radius 2 is 1.80 bits per heavy atom. The summed E-state index contributed by atoms with van der Waals surface area (Å²) < 4.78 is 0. The van der Waals surface area contributed by atoms with Gasteiger partial charge in [0.15, 0.2) is 0 Å². The Bertz CT molecular complexity index is 480. The van der Waals surface area contributed by atoms with Crippen LogP contribution in [0.4, 0.5) is 5.69 Å². The number of hydrogen-bond donors (Lipinski definition) is 0. The molecule has 15 heavy (non-hydrogen) atoms. The van der Waals surface area contributed by atoms with Crippen molar-refractivity contribution in [1.29, 1.82) is 0 Å². The Labute approximate surface area is 87.8 Å². The first-order chi connectivity index (χ1) is 7.31. The van der Waals surface area contributed by atoms with Gasteiger partial charge in [-0.25, -0.2) is 0 Å². The molecule has 1 aromatic carbocycles. The molecule has 0 aliphatic heterocycles. The van der Waals surface area contributed by atoms with Crippen LogP contribution >= 0.6 is 0 Å². The molecule has 0 saturated heterocycles. The molecule has 0 amide bonds. The predicted molar refractivity (Wildman–Crippen MR) is 59.9 cm³/mol. The summed E-state index contributed by atoms with van der Waals surface area (Å²) in [6.45, 7) is 1.87.